The Kier molecular flexibility index (Phi) is 6.35. The summed E-state index contributed by atoms with van der Waals surface area (Å²) < 4.78 is 5.21. The van der Waals surface area contributed by atoms with Gasteiger partial charge in [0.2, 0.25) is 0 Å². The first-order valence-electron chi connectivity index (χ1n) is 7.23. The molecule has 1 aliphatic heterocycles. The molecule has 0 aromatic rings. The Balaban J connectivity index is 2.69. The molecule has 1 aliphatic rings. The summed E-state index contributed by atoms with van der Waals surface area (Å²) in [5.41, 5.74) is 0. The van der Waals surface area contributed by atoms with Gasteiger partial charge in [0.15, 0.2) is 0 Å². The van der Waals surface area contributed by atoms with Crippen LogP contribution in [-0.4, -0.2) is 42.8 Å². The monoisotopic (exact) mass is 268 g/mol. The number of rotatable bonds is 5. The molecular formula is C15H28N2O2. The minimum atomic E-state index is -0.210. The van der Waals surface area contributed by atoms with Crippen LogP contribution in [0.1, 0.15) is 34.1 Å². The van der Waals surface area contributed by atoms with Crippen molar-refractivity contribution in [1.82, 2.24) is 10.2 Å². The van der Waals surface area contributed by atoms with Crippen molar-refractivity contribution in [1.29, 1.82) is 0 Å². The van der Waals surface area contributed by atoms with E-state index in [0.29, 0.717) is 17.9 Å². The van der Waals surface area contributed by atoms with Crippen molar-refractivity contribution < 1.29 is 9.53 Å². The van der Waals surface area contributed by atoms with Crippen LogP contribution >= 0.6 is 0 Å². The van der Waals surface area contributed by atoms with Crippen LogP contribution in [-0.2, 0) is 4.74 Å². The molecule has 0 saturated carbocycles. The highest BCUT2D eigenvalue weighted by Gasteiger charge is 2.33. The van der Waals surface area contributed by atoms with Crippen molar-refractivity contribution in [3.8, 4) is 0 Å². The third-order valence-corrected chi connectivity index (χ3v) is 3.56. The summed E-state index contributed by atoms with van der Waals surface area (Å²) in [6.07, 6.45) is 2.40. The van der Waals surface area contributed by atoms with Crippen LogP contribution < -0.4 is 5.32 Å². The van der Waals surface area contributed by atoms with Gasteiger partial charge in [-0.25, -0.2) is 4.79 Å². The van der Waals surface area contributed by atoms with Gasteiger partial charge in [0.05, 0.1) is 0 Å². The molecule has 4 nitrogen and oxygen atoms in total. The smallest absolute Gasteiger partial charge is 0.410 e. The third kappa shape index (κ3) is 4.86. The molecule has 0 aromatic carbocycles. The maximum absolute atomic E-state index is 12.1. The zero-order valence-electron chi connectivity index (χ0n) is 12.7. The second-order valence-electron chi connectivity index (χ2n) is 6.06. The molecule has 19 heavy (non-hydrogen) atoms. The van der Waals surface area contributed by atoms with Crippen LogP contribution in [0, 0.1) is 11.8 Å². The number of ether oxygens (including phenoxy) is 1. The number of nitrogens with one attached hydrogen (secondary N) is 1. The second kappa shape index (κ2) is 7.53. The summed E-state index contributed by atoms with van der Waals surface area (Å²) in [6.45, 7) is 14.2. The van der Waals surface area contributed by atoms with Crippen LogP contribution in [0.5, 0.6) is 0 Å². The molecule has 1 fully saturated rings. The minimum Gasteiger partial charge on any atom is -0.445 e. The van der Waals surface area contributed by atoms with E-state index in [2.05, 4.69) is 39.6 Å². The lowest BCUT2D eigenvalue weighted by molar-refractivity contribution is 0.0629. The van der Waals surface area contributed by atoms with E-state index in [1.807, 2.05) is 4.90 Å². The number of amides is 1. The first-order valence-corrected chi connectivity index (χ1v) is 7.23. The Morgan fingerprint density at radius 2 is 2.16 bits per heavy atom. The van der Waals surface area contributed by atoms with Gasteiger partial charge in [-0.2, -0.15) is 0 Å². The number of carbonyl (C=O) groups is 1. The first kappa shape index (κ1) is 16.0. The van der Waals surface area contributed by atoms with Crippen LogP contribution in [0.15, 0.2) is 12.7 Å². The van der Waals surface area contributed by atoms with Gasteiger partial charge in [-0.1, -0.05) is 40.3 Å². The van der Waals surface area contributed by atoms with Crippen LogP contribution in [0.3, 0.4) is 0 Å². The summed E-state index contributed by atoms with van der Waals surface area (Å²) >= 11 is 0. The van der Waals surface area contributed by atoms with Crippen molar-refractivity contribution in [2.24, 2.45) is 11.8 Å². The van der Waals surface area contributed by atoms with Gasteiger partial charge in [0.1, 0.15) is 6.61 Å². The van der Waals surface area contributed by atoms with Gasteiger partial charge in [0.25, 0.3) is 0 Å². The lowest BCUT2D eigenvalue weighted by atomic mass is 9.95. The molecule has 2 unspecified atom stereocenters. The lowest BCUT2D eigenvalue weighted by Crippen LogP contribution is -2.60. The molecule has 1 saturated heterocycles. The molecular weight excluding hydrogens is 240 g/mol. The van der Waals surface area contributed by atoms with E-state index in [-0.39, 0.29) is 18.7 Å². The Labute approximate surface area is 117 Å². The molecule has 0 spiro atoms. The summed E-state index contributed by atoms with van der Waals surface area (Å²) in [5, 5.41) is 3.55. The van der Waals surface area contributed by atoms with Crippen LogP contribution in [0.4, 0.5) is 4.79 Å². The van der Waals surface area contributed by atoms with E-state index in [4.69, 9.17) is 4.74 Å². The predicted octanol–water partition coefficient (Wildman–Crippen LogP) is 2.65. The molecule has 2 atom stereocenters. The van der Waals surface area contributed by atoms with E-state index in [1.165, 1.54) is 0 Å². The maximum Gasteiger partial charge on any atom is 0.410 e. The molecule has 1 rings (SSSR count). The van der Waals surface area contributed by atoms with Crippen molar-refractivity contribution >= 4 is 6.09 Å². The minimum absolute atomic E-state index is 0.210. The highest BCUT2D eigenvalue weighted by molar-refractivity contribution is 5.68. The fraction of sp³-hybridized carbons (Fsp3) is 0.800. The van der Waals surface area contributed by atoms with Gasteiger partial charge in [-0.15, -0.1) is 0 Å². The molecule has 110 valence electrons. The van der Waals surface area contributed by atoms with Gasteiger partial charge in [-0.3, -0.25) is 0 Å². The predicted molar refractivity (Wildman–Crippen MR) is 78.1 cm³/mol. The van der Waals surface area contributed by atoms with Crippen LogP contribution in [0.2, 0.25) is 0 Å². The molecule has 1 N–H and O–H groups in total. The SMILES string of the molecule is C=CCOC(=O)N1CC(C(C)C)NCC1CC(C)C. The molecule has 0 bridgehead atoms. The topological polar surface area (TPSA) is 41.6 Å². The summed E-state index contributed by atoms with van der Waals surface area (Å²) in [7, 11) is 0. The quantitative estimate of drug-likeness (QED) is 0.779. The average Bonchev–Trinajstić information content (AvgIpc) is 2.35. The highest BCUT2D eigenvalue weighted by Crippen LogP contribution is 2.19. The van der Waals surface area contributed by atoms with E-state index in [0.717, 1.165) is 19.5 Å². The molecule has 4 heteroatoms. The molecule has 0 aromatic heterocycles. The molecule has 0 radical (unpaired) electrons. The highest BCUT2D eigenvalue weighted by atomic mass is 16.6. The van der Waals surface area contributed by atoms with Crippen LogP contribution in [0.25, 0.3) is 0 Å². The number of nitrogens with zero attached hydrogens (tertiary/aromatic N) is 1. The van der Waals surface area contributed by atoms with Crippen molar-refractivity contribution in [3.63, 3.8) is 0 Å². The van der Waals surface area contributed by atoms with Gasteiger partial charge < -0.3 is 15.0 Å². The van der Waals surface area contributed by atoms with Crippen molar-refractivity contribution in [2.45, 2.75) is 46.2 Å². The summed E-state index contributed by atoms with van der Waals surface area (Å²) in [6, 6.07) is 0.576. The third-order valence-electron chi connectivity index (χ3n) is 3.56. The summed E-state index contributed by atoms with van der Waals surface area (Å²) in [5.74, 6) is 1.08. The molecule has 1 heterocycles. The Hall–Kier alpha value is -1.03. The average molecular weight is 268 g/mol. The van der Waals surface area contributed by atoms with Gasteiger partial charge in [-0.05, 0) is 18.3 Å². The van der Waals surface area contributed by atoms with Gasteiger partial charge >= 0.3 is 6.09 Å². The van der Waals surface area contributed by atoms with Crippen molar-refractivity contribution in [3.05, 3.63) is 12.7 Å². The largest absolute Gasteiger partial charge is 0.445 e. The van der Waals surface area contributed by atoms with E-state index < -0.39 is 0 Å². The van der Waals surface area contributed by atoms with E-state index in [1.54, 1.807) is 6.08 Å². The standard InChI is InChI=1S/C15H28N2O2/c1-6-7-19-15(18)17-10-14(12(4)5)16-9-13(17)8-11(2)3/h6,11-14,16H,1,7-10H2,2-5H3. The second-order valence-corrected chi connectivity index (χ2v) is 6.06. The Morgan fingerprint density at radius 1 is 1.47 bits per heavy atom. The number of hydrogen-bond acceptors (Lipinski definition) is 3. The zero-order valence-corrected chi connectivity index (χ0v) is 12.7. The van der Waals surface area contributed by atoms with Gasteiger partial charge in [0, 0.05) is 25.2 Å². The first-order chi connectivity index (χ1) is 8.95. The molecule has 0 aliphatic carbocycles. The number of carbonyl (C=O) groups excluding carboxylic acids is 1. The van der Waals surface area contributed by atoms with E-state index >= 15 is 0 Å². The van der Waals surface area contributed by atoms with Crippen molar-refractivity contribution in [2.75, 3.05) is 19.7 Å². The summed E-state index contributed by atoms with van der Waals surface area (Å²) in [4.78, 5) is 14.0. The van der Waals surface area contributed by atoms with E-state index in [9.17, 15) is 4.79 Å². The zero-order chi connectivity index (χ0) is 14.4. The Morgan fingerprint density at radius 3 is 2.68 bits per heavy atom. The number of hydrogen-bond donors (Lipinski definition) is 1. The fourth-order valence-electron chi connectivity index (χ4n) is 2.46. The fourth-order valence-corrected chi connectivity index (χ4v) is 2.46. The maximum atomic E-state index is 12.1. The normalized spacial score (nSPS) is 23.8. The molecule has 1 amide bonds. The number of piperazine rings is 1. The lowest BCUT2D eigenvalue weighted by Gasteiger charge is -2.41. The Bertz CT molecular complexity index is 303.